The molecule has 1 aliphatic heterocycles. The van der Waals surface area contributed by atoms with E-state index in [4.69, 9.17) is 0 Å². The number of carbonyl (C=O) groups excluding carboxylic acids is 1. The molecule has 1 aliphatic rings. The lowest BCUT2D eigenvalue weighted by atomic mass is 10.0. The fraction of sp³-hybridized carbons (Fsp3) is 0.263. The van der Waals surface area contributed by atoms with Crippen LogP contribution in [0.5, 0.6) is 0 Å². The van der Waals surface area contributed by atoms with Crippen molar-refractivity contribution in [3.63, 3.8) is 0 Å². The number of hydrogen-bond acceptors (Lipinski definition) is 3. The minimum atomic E-state index is -0.284. The maximum Gasteiger partial charge on any atom is 0.244 e. The molecule has 0 saturated carbocycles. The minimum absolute atomic E-state index is 0.0106. The Morgan fingerprint density at radius 1 is 1.24 bits per heavy atom. The Morgan fingerprint density at radius 2 is 2.12 bits per heavy atom. The molecule has 5 nitrogen and oxygen atoms in total. The van der Waals surface area contributed by atoms with Crippen LogP contribution < -0.4 is 5.32 Å². The van der Waals surface area contributed by atoms with Crippen molar-refractivity contribution in [1.29, 1.82) is 0 Å². The van der Waals surface area contributed by atoms with Gasteiger partial charge in [0.1, 0.15) is 12.4 Å². The molecule has 1 atom stereocenters. The summed E-state index contributed by atoms with van der Waals surface area (Å²) in [6.07, 6.45) is 1.88. The zero-order valence-electron chi connectivity index (χ0n) is 13.7. The molecule has 1 N–H and O–H groups in total. The molecule has 25 heavy (non-hydrogen) atoms. The second-order valence-corrected chi connectivity index (χ2v) is 6.25. The van der Waals surface area contributed by atoms with Gasteiger partial charge in [0.2, 0.25) is 5.91 Å². The van der Waals surface area contributed by atoms with Crippen molar-refractivity contribution < 1.29 is 9.18 Å². The van der Waals surface area contributed by atoms with Crippen LogP contribution in [-0.2, 0) is 11.3 Å². The van der Waals surface area contributed by atoms with E-state index in [1.54, 1.807) is 10.7 Å². The van der Waals surface area contributed by atoms with Crippen molar-refractivity contribution in [3.05, 3.63) is 66.1 Å². The summed E-state index contributed by atoms with van der Waals surface area (Å²) in [5.41, 5.74) is 1.68. The highest BCUT2D eigenvalue weighted by Gasteiger charge is 2.28. The van der Waals surface area contributed by atoms with Crippen LogP contribution in [0.3, 0.4) is 0 Å². The molecule has 1 aromatic heterocycles. The first kappa shape index (κ1) is 15.8. The zero-order chi connectivity index (χ0) is 17.2. The van der Waals surface area contributed by atoms with Crippen molar-refractivity contribution in [3.8, 4) is 0 Å². The summed E-state index contributed by atoms with van der Waals surface area (Å²) in [7, 11) is 0. The second-order valence-electron chi connectivity index (χ2n) is 6.25. The fourth-order valence-corrected chi connectivity index (χ4v) is 3.34. The summed E-state index contributed by atoms with van der Waals surface area (Å²) in [6, 6.07) is 14.1. The lowest BCUT2D eigenvalue weighted by Crippen LogP contribution is -2.49. The van der Waals surface area contributed by atoms with Gasteiger partial charge in [0, 0.05) is 31.2 Å². The number of rotatable bonds is 3. The van der Waals surface area contributed by atoms with Gasteiger partial charge in [0.05, 0.1) is 11.6 Å². The quantitative estimate of drug-likeness (QED) is 0.798. The van der Waals surface area contributed by atoms with Crippen molar-refractivity contribution in [1.82, 2.24) is 20.0 Å². The molecule has 6 heteroatoms. The van der Waals surface area contributed by atoms with Crippen LogP contribution in [0.15, 0.2) is 54.7 Å². The lowest BCUT2D eigenvalue weighted by molar-refractivity contribution is -0.135. The zero-order valence-corrected chi connectivity index (χ0v) is 13.7. The molecule has 0 bridgehead atoms. The topological polar surface area (TPSA) is 50.2 Å². The van der Waals surface area contributed by atoms with Gasteiger partial charge in [0.15, 0.2) is 0 Å². The van der Waals surface area contributed by atoms with Crippen LogP contribution in [0, 0.1) is 5.82 Å². The van der Waals surface area contributed by atoms with E-state index in [-0.39, 0.29) is 24.3 Å². The number of carbonyl (C=O) groups is 1. The number of fused-ring (bicyclic) bond motifs is 1. The Kier molecular flexibility index (Phi) is 4.19. The largest absolute Gasteiger partial charge is 0.331 e. The first-order valence-electron chi connectivity index (χ1n) is 8.38. The Hall–Kier alpha value is -2.73. The maximum atomic E-state index is 13.6. The second kappa shape index (κ2) is 6.64. The first-order valence-corrected chi connectivity index (χ1v) is 8.38. The number of nitrogens with one attached hydrogen (secondary N) is 1. The summed E-state index contributed by atoms with van der Waals surface area (Å²) in [4.78, 5) is 14.7. The van der Waals surface area contributed by atoms with Crippen molar-refractivity contribution in [2.24, 2.45) is 0 Å². The van der Waals surface area contributed by atoms with Crippen molar-refractivity contribution >= 4 is 16.8 Å². The number of benzene rings is 2. The predicted molar refractivity (Wildman–Crippen MR) is 93.5 cm³/mol. The molecule has 1 amide bonds. The molecule has 1 unspecified atom stereocenters. The van der Waals surface area contributed by atoms with Crippen LogP contribution in [0.25, 0.3) is 10.9 Å². The SMILES string of the molecule is O=C(Cn1cc2ccccc2n1)N1CCNCC1c1cccc(F)c1. The maximum absolute atomic E-state index is 13.6. The Morgan fingerprint density at radius 3 is 2.96 bits per heavy atom. The molecule has 128 valence electrons. The van der Waals surface area contributed by atoms with E-state index < -0.39 is 0 Å². The Bertz CT molecular complexity index is 874. The summed E-state index contributed by atoms with van der Waals surface area (Å²) in [5, 5.41) is 8.75. The summed E-state index contributed by atoms with van der Waals surface area (Å²) < 4.78 is 15.3. The third-order valence-electron chi connectivity index (χ3n) is 4.56. The first-order chi connectivity index (χ1) is 12.2. The van der Waals surface area contributed by atoms with Crippen LogP contribution in [0.1, 0.15) is 11.6 Å². The smallest absolute Gasteiger partial charge is 0.244 e. The number of hydrogen-bond donors (Lipinski definition) is 1. The molecule has 0 radical (unpaired) electrons. The van der Waals surface area contributed by atoms with E-state index in [1.165, 1.54) is 12.1 Å². The molecule has 4 rings (SSSR count). The molecule has 3 aromatic rings. The molecule has 0 aliphatic carbocycles. The van der Waals surface area contributed by atoms with Crippen LogP contribution in [0.2, 0.25) is 0 Å². The van der Waals surface area contributed by atoms with Gasteiger partial charge in [-0.1, -0.05) is 30.3 Å². The minimum Gasteiger partial charge on any atom is -0.331 e. The number of amides is 1. The highest BCUT2D eigenvalue weighted by atomic mass is 19.1. The Labute approximate surface area is 145 Å². The van der Waals surface area contributed by atoms with Crippen LogP contribution >= 0.6 is 0 Å². The molecule has 2 heterocycles. The Balaban J connectivity index is 1.56. The number of halogens is 1. The van der Waals surface area contributed by atoms with E-state index in [2.05, 4.69) is 10.4 Å². The summed E-state index contributed by atoms with van der Waals surface area (Å²) in [5.74, 6) is -0.294. The van der Waals surface area contributed by atoms with Gasteiger partial charge >= 0.3 is 0 Å². The normalized spacial score (nSPS) is 17.8. The van der Waals surface area contributed by atoms with E-state index in [0.29, 0.717) is 13.1 Å². The van der Waals surface area contributed by atoms with Crippen LogP contribution in [-0.4, -0.2) is 40.2 Å². The van der Waals surface area contributed by atoms with E-state index in [9.17, 15) is 9.18 Å². The van der Waals surface area contributed by atoms with Gasteiger partial charge in [-0.25, -0.2) is 4.39 Å². The van der Waals surface area contributed by atoms with E-state index in [0.717, 1.165) is 23.0 Å². The molecule has 0 spiro atoms. The van der Waals surface area contributed by atoms with Crippen molar-refractivity contribution in [2.75, 3.05) is 19.6 Å². The van der Waals surface area contributed by atoms with Gasteiger partial charge < -0.3 is 10.2 Å². The monoisotopic (exact) mass is 338 g/mol. The lowest BCUT2D eigenvalue weighted by Gasteiger charge is -2.36. The average Bonchev–Trinajstić information content (AvgIpc) is 3.04. The number of aromatic nitrogens is 2. The van der Waals surface area contributed by atoms with E-state index in [1.807, 2.05) is 41.4 Å². The van der Waals surface area contributed by atoms with E-state index >= 15 is 0 Å². The molecule has 1 saturated heterocycles. The van der Waals surface area contributed by atoms with Gasteiger partial charge in [-0.2, -0.15) is 5.10 Å². The van der Waals surface area contributed by atoms with Gasteiger partial charge in [0.25, 0.3) is 0 Å². The predicted octanol–water partition coefficient (Wildman–Crippen LogP) is 2.35. The number of nitrogens with zero attached hydrogens (tertiary/aromatic N) is 3. The average molecular weight is 338 g/mol. The fourth-order valence-electron chi connectivity index (χ4n) is 3.34. The summed E-state index contributed by atoms with van der Waals surface area (Å²) >= 11 is 0. The van der Waals surface area contributed by atoms with Gasteiger partial charge in [-0.3, -0.25) is 9.48 Å². The van der Waals surface area contributed by atoms with Crippen LogP contribution in [0.4, 0.5) is 4.39 Å². The molecule has 2 aromatic carbocycles. The highest BCUT2D eigenvalue weighted by molar-refractivity contribution is 5.80. The third-order valence-corrected chi connectivity index (χ3v) is 4.56. The van der Waals surface area contributed by atoms with Gasteiger partial charge in [-0.05, 0) is 23.8 Å². The highest BCUT2D eigenvalue weighted by Crippen LogP contribution is 2.23. The molecular formula is C19H19FN4O. The molecule has 1 fully saturated rings. The molecular weight excluding hydrogens is 319 g/mol. The van der Waals surface area contributed by atoms with Gasteiger partial charge in [-0.15, -0.1) is 0 Å². The van der Waals surface area contributed by atoms with Crippen molar-refractivity contribution in [2.45, 2.75) is 12.6 Å². The number of piperazine rings is 1. The summed E-state index contributed by atoms with van der Waals surface area (Å²) in [6.45, 7) is 2.14. The third kappa shape index (κ3) is 3.25. The standard InChI is InChI=1S/C19H19FN4O/c20-16-6-3-5-14(10-16)18-11-21-8-9-24(18)19(25)13-23-12-15-4-1-2-7-17(15)22-23/h1-7,10,12,18,21H,8-9,11,13H2.